The van der Waals surface area contributed by atoms with E-state index >= 15 is 0 Å². The molecule has 0 unspecified atom stereocenters. The van der Waals surface area contributed by atoms with Crippen LogP contribution in [0, 0.1) is 17.7 Å². The third kappa shape index (κ3) is 6.76. The Morgan fingerprint density at radius 1 is 1.20 bits per heavy atom. The molecule has 110 valence electrons. The van der Waals surface area contributed by atoms with Crippen molar-refractivity contribution in [2.75, 3.05) is 39.4 Å². The number of halogens is 2. The SMILES string of the molecule is COCCCOCCOc1ccc(C#CCCl)c(F)c1. The summed E-state index contributed by atoms with van der Waals surface area (Å²) in [6, 6.07) is 4.55. The highest BCUT2D eigenvalue weighted by molar-refractivity contribution is 6.19. The summed E-state index contributed by atoms with van der Waals surface area (Å²) in [7, 11) is 1.65. The van der Waals surface area contributed by atoms with Gasteiger partial charge in [0.15, 0.2) is 0 Å². The average Bonchev–Trinajstić information content (AvgIpc) is 2.45. The van der Waals surface area contributed by atoms with E-state index < -0.39 is 5.82 Å². The molecule has 0 saturated carbocycles. The number of hydrogen-bond donors (Lipinski definition) is 0. The molecule has 0 aliphatic carbocycles. The Balaban J connectivity index is 2.29. The molecule has 0 amide bonds. The molecule has 0 heterocycles. The lowest BCUT2D eigenvalue weighted by molar-refractivity contribution is 0.0806. The predicted octanol–water partition coefficient (Wildman–Crippen LogP) is 2.85. The molecule has 0 aliphatic rings. The van der Waals surface area contributed by atoms with E-state index in [0.717, 1.165) is 6.42 Å². The van der Waals surface area contributed by atoms with E-state index in [1.54, 1.807) is 19.2 Å². The van der Waals surface area contributed by atoms with Crippen LogP contribution in [0.3, 0.4) is 0 Å². The molecule has 0 bridgehead atoms. The summed E-state index contributed by atoms with van der Waals surface area (Å²) < 4.78 is 29.2. The highest BCUT2D eigenvalue weighted by atomic mass is 35.5. The van der Waals surface area contributed by atoms with E-state index in [1.165, 1.54) is 6.07 Å². The number of methoxy groups -OCH3 is 1. The van der Waals surface area contributed by atoms with E-state index in [1.807, 2.05) is 0 Å². The van der Waals surface area contributed by atoms with Gasteiger partial charge in [0, 0.05) is 26.4 Å². The van der Waals surface area contributed by atoms with Crippen molar-refractivity contribution in [3.63, 3.8) is 0 Å². The van der Waals surface area contributed by atoms with Crippen LogP contribution in [0.15, 0.2) is 18.2 Å². The van der Waals surface area contributed by atoms with Gasteiger partial charge < -0.3 is 14.2 Å². The second-order valence-corrected chi connectivity index (χ2v) is 4.15. The standard InChI is InChI=1S/C15H18ClFO3/c1-18-8-3-9-19-10-11-20-14-6-5-13(4-2-7-16)15(17)12-14/h5-6,12H,3,7-11H2,1H3. The minimum Gasteiger partial charge on any atom is -0.491 e. The minimum absolute atomic E-state index is 0.179. The Hall–Kier alpha value is -1.28. The molecule has 0 aliphatic heterocycles. The van der Waals surface area contributed by atoms with Crippen molar-refractivity contribution in [2.45, 2.75) is 6.42 Å². The van der Waals surface area contributed by atoms with Gasteiger partial charge in [0.2, 0.25) is 0 Å². The molecule has 1 aromatic rings. The molecular formula is C15H18ClFO3. The normalized spacial score (nSPS) is 9.95. The molecule has 5 heteroatoms. The summed E-state index contributed by atoms with van der Waals surface area (Å²) in [4.78, 5) is 0. The molecule has 1 aromatic carbocycles. The van der Waals surface area contributed by atoms with Gasteiger partial charge in [-0.05, 0) is 18.6 Å². The maximum absolute atomic E-state index is 13.6. The van der Waals surface area contributed by atoms with Crippen LogP contribution in [0.25, 0.3) is 0 Å². The van der Waals surface area contributed by atoms with Crippen LogP contribution in [0.5, 0.6) is 5.75 Å². The number of hydrogen-bond acceptors (Lipinski definition) is 3. The van der Waals surface area contributed by atoms with Gasteiger partial charge in [0.25, 0.3) is 0 Å². The molecule has 20 heavy (non-hydrogen) atoms. The Morgan fingerprint density at radius 2 is 2.05 bits per heavy atom. The number of rotatable bonds is 8. The van der Waals surface area contributed by atoms with Crippen LogP contribution < -0.4 is 4.74 Å². The van der Waals surface area contributed by atoms with Crippen LogP contribution in [0.4, 0.5) is 4.39 Å². The van der Waals surface area contributed by atoms with Crippen molar-refractivity contribution in [1.82, 2.24) is 0 Å². The van der Waals surface area contributed by atoms with Crippen molar-refractivity contribution >= 4 is 11.6 Å². The van der Waals surface area contributed by atoms with Crippen molar-refractivity contribution in [3.05, 3.63) is 29.6 Å². The number of benzene rings is 1. The second-order valence-electron chi connectivity index (χ2n) is 3.88. The fourth-order valence-electron chi connectivity index (χ4n) is 1.44. The molecule has 0 aromatic heterocycles. The molecule has 1 rings (SSSR count). The molecule has 0 fully saturated rings. The van der Waals surface area contributed by atoms with Crippen molar-refractivity contribution in [2.24, 2.45) is 0 Å². The Kier molecular flexibility index (Phi) is 8.81. The van der Waals surface area contributed by atoms with Crippen molar-refractivity contribution < 1.29 is 18.6 Å². The largest absolute Gasteiger partial charge is 0.491 e. The summed E-state index contributed by atoms with van der Waals surface area (Å²) in [6.07, 6.45) is 0.846. The van der Waals surface area contributed by atoms with E-state index in [0.29, 0.717) is 37.7 Å². The summed E-state index contributed by atoms with van der Waals surface area (Å²) >= 11 is 5.42. The minimum atomic E-state index is -0.416. The molecule has 0 saturated heterocycles. The van der Waals surface area contributed by atoms with E-state index in [9.17, 15) is 4.39 Å². The van der Waals surface area contributed by atoms with Crippen molar-refractivity contribution in [3.8, 4) is 17.6 Å². The predicted molar refractivity (Wildman–Crippen MR) is 76.8 cm³/mol. The fourth-order valence-corrected chi connectivity index (χ4v) is 1.51. The third-order valence-corrected chi connectivity index (χ3v) is 2.50. The summed E-state index contributed by atoms with van der Waals surface area (Å²) in [5.74, 6) is 5.46. The zero-order valence-electron chi connectivity index (χ0n) is 11.5. The summed E-state index contributed by atoms with van der Waals surface area (Å²) in [6.45, 7) is 2.13. The highest BCUT2D eigenvalue weighted by Gasteiger charge is 2.02. The van der Waals surface area contributed by atoms with Gasteiger partial charge in [-0.3, -0.25) is 0 Å². The Bertz CT molecular complexity index is 454. The van der Waals surface area contributed by atoms with Gasteiger partial charge in [-0.2, -0.15) is 0 Å². The number of ether oxygens (including phenoxy) is 3. The molecule has 0 radical (unpaired) electrons. The van der Waals surface area contributed by atoms with Gasteiger partial charge in [-0.15, -0.1) is 11.6 Å². The summed E-state index contributed by atoms with van der Waals surface area (Å²) in [5, 5.41) is 0. The van der Waals surface area contributed by atoms with E-state index in [2.05, 4.69) is 11.8 Å². The van der Waals surface area contributed by atoms with Gasteiger partial charge >= 0.3 is 0 Å². The highest BCUT2D eigenvalue weighted by Crippen LogP contribution is 2.15. The van der Waals surface area contributed by atoms with Gasteiger partial charge in [0.05, 0.1) is 18.1 Å². The number of alkyl halides is 1. The smallest absolute Gasteiger partial charge is 0.142 e. The lowest BCUT2D eigenvalue weighted by Gasteiger charge is -2.07. The first kappa shape index (κ1) is 16.8. The maximum Gasteiger partial charge on any atom is 0.142 e. The van der Waals surface area contributed by atoms with Crippen LogP contribution in [-0.2, 0) is 9.47 Å². The second kappa shape index (κ2) is 10.5. The quantitative estimate of drug-likeness (QED) is 0.420. The Labute approximate surface area is 124 Å². The van der Waals surface area contributed by atoms with Crippen LogP contribution >= 0.6 is 11.6 Å². The zero-order valence-corrected chi connectivity index (χ0v) is 12.2. The van der Waals surface area contributed by atoms with Crippen LogP contribution in [0.2, 0.25) is 0 Å². The first-order valence-electron chi connectivity index (χ1n) is 6.31. The van der Waals surface area contributed by atoms with Gasteiger partial charge in [0.1, 0.15) is 18.2 Å². The molecule has 0 N–H and O–H groups in total. The van der Waals surface area contributed by atoms with E-state index in [4.69, 9.17) is 25.8 Å². The van der Waals surface area contributed by atoms with Gasteiger partial charge in [-0.1, -0.05) is 11.8 Å². The monoisotopic (exact) mass is 300 g/mol. The first-order chi connectivity index (χ1) is 9.77. The van der Waals surface area contributed by atoms with Crippen LogP contribution in [0.1, 0.15) is 12.0 Å². The molecule has 0 atom stereocenters. The molecule has 3 nitrogen and oxygen atoms in total. The average molecular weight is 301 g/mol. The van der Waals surface area contributed by atoms with Gasteiger partial charge in [-0.25, -0.2) is 4.39 Å². The van der Waals surface area contributed by atoms with Crippen molar-refractivity contribution in [1.29, 1.82) is 0 Å². The first-order valence-corrected chi connectivity index (χ1v) is 6.85. The Morgan fingerprint density at radius 3 is 2.75 bits per heavy atom. The fraction of sp³-hybridized carbons (Fsp3) is 0.467. The van der Waals surface area contributed by atoms with E-state index in [-0.39, 0.29) is 5.88 Å². The summed E-state index contributed by atoms with van der Waals surface area (Å²) in [5.41, 5.74) is 0.314. The molecule has 0 spiro atoms. The lowest BCUT2D eigenvalue weighted by atomic mass is 10.2. The molecular weight excluding hydrogens is 283 g/mol. The lowest BCUT2D eigenvalue weighted by Crippen LogP contribution is -2.08. The topological polar surface area (TPSA) is 27.7 Å². The zero-order chi connectivity index (χ0) is 14.6. The van der Waals surface area contributed by atoms with Crippen LogP contribution in [-0.4, -0.2) is 39.4 Å². The third-order valence-electron chi connectivity index (χ3n) is 2.36. The maximum atomic E-state index is 13.6.